The second kappa shape index (κ2) is 6.54. The summed E-state index contributed by atoms with van der Waals surface area (Å²) in [6, 6.07) is 7.50. The van der Waals surface area contributed by atoms with Crippen molar-refractivity contribution in [2.45, 2.75) is 20.8 Å². The lowest BCUT2D eigenvalue weighted by atomic mass is 9.91. The molecule has 0 aliphatic heterocycles. The summed E-state index contributed by atoms with van der Waals surface area (Å²) in [5, 5.41) is 0. The third-order valence-electron chi connectivity index (χ3n) is 3.45. The second-order valence-corrected chi connectivity index (χ2v) is 7.41. The van der Waals surface area contributed by atoms with E-state index in [9.17, 15) is 9.59 Å². The number of ether oxygens (including phenoxy) is 1. The molecule has 0 fully saturated rings. The minimum atomic E-state index is -0.462. The van der Waals surface area contributed by atoms with Gasteiger partial charge in [-0.3, -0.25) is 9.59 Å². The molecule has 0 aliphatic rings. The van der Waals surface area contributed by atoms with Gasteiger partial charge in [-0.05, 0) is 23.8 Å². The molecule has 4 nitrogen and oxygen atoms in total. The molecule has 0 saturated heterocycles. The predicted molar refractivity (Wildman–Crippen MR) is 94.3 cm³/mol. The van der Waals surface area contributed by atoms with Crippen molar-refractivity contribution in [1.82, 2.24) is 4.57 Å². The van der Waals surface area contributed by atoms with E-state index in [-0.39, 0.29) is 11.3 Å². The van der Waals surface area contributed by atoms with Gasteiger partial charge >= 0.3 is 0 Å². The molecule has 2 rings (SSSR count). The maximum absolute atomic E-state index is 12.4. The number of Topliss-reactive ketones (excluding diaryl/α,β-unsaturated/α-hetero) is 1. The van der Waals surface area contributed by atoms with E-state index in [1.54, 1.807) is 20.2 Å². The maximum Gasteiger partial charge on any atom is 0.268 e. The number of hydrogen-bond acceptors (Lipinski definition) is 4. The molecule has 2 aromatic rings. The minimum Gasteiger partial charge on any atom is -0.497 e. The number of thiazole rings is 1. The van der Waals surface area contributed by atoms with Crippen LogP contribution in [-0.2, 0) is 11.8 Å². The molecule has 23 heavy (non-hydrogen) atoms. The van der Waals surface area contributed by atoms with E-state index < -0.39 is 5.41 Å². The first kappa shape index (κ1) is 17.2. The van der Waals surface area contributed by atoms with Gasteiger partial charge in [-0.25, -0.2) is 0 Å². The first-order chi connectivity index (χ1) is 10.7. The number of carbonyl (C=O) groups is 1. The van der Waals surface area contributed by atoms with E-state index in [0.29, 0.717) is 9.20 Å². The molecule has 0 aliphatic carbocycles. The summed E-state index contributed by atoms with van der Waals surface area (Å²) in [5.41, 5.74) is 0.319. The van der Waals surface area contributed by atoms with E-state index in [2.05, 4.69) is 0 Å². The van der Waals surface area contributed by atoms with E-state index in [1.165, 1.54) is 15.9 Å². The zero-order valence-electron chi connectivity index (χ0n) is 14.0. The molecule has 0 atom stereocenters. The fraction of sp³-hybridized carbons (Fsp3) is 0.333. The summed E-state index contributed by atoms with van der Waals surface area (Å²) in [6.07, 6.45) is 3.36. The van der Waals surface area contributed by atoms with Crippen LogP contribution in [0.3, 0.4) is 0 Å². The highest BCUT2D eigenvalue weighted by atomic mass is 32.1. The molecule has 0 bridgehead atoms. The molecule has 0 spiro atoms. The molecule has 0 amide bonds. The number of benzene rings is 1. The molecule has 0 N–H and O–H groups in total. The Morgan fingerprint density at radius 3 is 2.61 bits per heavy atom. The van der Waals surface area contributed by atoms with Gasteiger partial charge in [0.15, 0.2) is 5.78 Å². The summed E-state index contributed by atoms with van der Waals surface area (Å²) in [5.74, 6) is 0.740. The average Bonchev–Trinajstić information content (AvgIpc) is 2.75. The van der Waals surface area contributed by atoms with Crippen LogP contribution in [0.2, 0.25) is 0 Å². The molecular weight excluding hydrogens is 310 g/mol. The van der Waals surface area contributed by atoms with E-state index in [0.717, 1.165) is 11.3 Å². The van der Waals surface area contributed by atoms with E-state index in [1.807, 2.05) is 51.1 Å². The van der Waals surface area contributed by atoms with Crippen LogP contribution in [0.25, 0.3) is 12.2 Å². The highest BCUT2D eigenvalue weighted by molar-refractivity contribution is 7.07. The van der Waals surface area contributed by atoms with Crippen LogP contribution < -0.4 is 19.5 Å². The van der Waals surface area contributed by atoms with Gasteiger partial charge in [0, 0.05) is 18.5 Å². The number of rotatable bonds is 3. The Morgan fingerprint density at radius 2 is 2.00 bits per heavy atom. The Balaban J connectivity index is 2.56. The van der Waals surface area contributed by atoms with E-state index >= 15 is 0 Å². The number of methoxy groups -OCH3 is 1. The van der Waals surface area contributed by atoms with Crippen molar-refractivity contribution in [3.63, 3.8) is 0 Å². The SMILES string of the molecule is COc1cccc(/C=c2\s/c(=C\C(=O)C(C)(C)C)n(C)c2=O)c1. The zero-order chi connectivity index (χ0) is 17.2. The van der Waals surface area contributed by atoms with Gasteiger partial charge in [-0.2, -0.15) is 0 Å². The Morgan fingerprint density at radius 1 is 1.30 bits per heavy atom. The van der Waals surface area contributed by atoms with Crippen LogP contribution in [0.15, 0.2) is 29.1 Å². The van der Waals surface area contributed by atoms with Crippen molar-refractivity contribution in [1.29, 1.82) is 0 Å². The Kier molecular flexibility index (Phi) is 4.90. The van der Waals surface area contributed by atoms with Crippen LogP contribution >= 0.6 is 11.3 Å². The van der Waals surface area contributed by atoms with E-state index in [4.69, 9.17) is 4.74 Å². The Hall–Kier alpha value is -2.14. The Labute approximate surface area is 139 Å². The number of ketones is 1. The van der Waals surface area contributed by atoms with Gasteiger partial charge in [-0.15, -0.1) is 11.3 Å². The first-order valence-corrected chi connectivity index (χ1v) is 8.12. The van der Waals surface area contributed by atoms with Crippen molar-refractivity contribution >= 4 is 29.3 Å². The quantitative estimate of drug-likeness (QED) is 0.860. The van der Waals surface area contributed by atoms with Gasteiger partial charge in [0.25, 0.3) is 5.56 Å². The fourth-order valence-corrected chi connectivity index (χ4v) is 2.95. The molecule has 1 aromatic heterocycles. The molecule has 0 saturated carbocycles. The molecule has 0 unspecified atom stereocenters. The lowest BCUT2D eigenvalue weighted by Crippen LogP contribution is -2.30. The summed E-state index contributed by atoms with van der Waals surface area (Å²) in [4.78, 5) is 24.5. The standard InChI is InChI=1S/C18H21NO3S/c1-18(2,3)15(20)11-16-19(4)17(21)14(23-16)10-12-7-6-8-13(9-12)22-5/h6-11H,1-5H3/b14-10-,16-11-. The lowest BCUT2D eigenvalue weighted by molar-refractivity contribution is -0.120. The van der Waals surface area contributed by atoms with Crippen LogP contribution in [0.4, 0.5) is 0 Å². The molecular formula is C18H21NO3S. The number of carbonyl (C=O) groups excluding carboxylic acids is 1. The van der Waals surface area contributed by atoms with Crippen molar-refractivity contribution in [3.8, 4) is 5.75 Å². The van der Waals surface area contributed by atoms with Gasteiger partial charge in [0.1, 0.15) is 10.4 Å². The third kappa shape index (κ3) is 3.99. The van der Waals surface area contributed by atoms with Gasteiger partial charge in [0.2, 0.25) is 0 Å². The lowest BCUT2D eigenvalue weighted by Gasteiger charge is -2.12. The van der Waals surface area contributed by atoms with Gasteiger partial charge in [0.05, 0.1) is 11.6 Å². The van der Waals surface area contributed by atoms with Gasteiger partial charge < -0.3 is 9.30 Å². The van der Waals surface area contributed by atoms with Gasteiger partial charge in [-0.1, -0.05) is 32.9 Å². The van der Waals surface area contributed by atoms with Crippen molar-refractivity contribution in [2.75, 3.05) is 7.11 Å². The van der Waals surface area contributed by atoms with Crippen LogP contribution in [-0.4, -0.2) is 17.5 Å². The normalized spacial score (nSPS) is 13.4. The minimum absolute atomic E-state index is 0.00211. The third-order valence-corrected chi connectivity index (χ3v) is 4.56. The summed E-state index contributed by atoms with van der Waals surface area (Å²) < 4.78 is 7.95. The zero-order valence-corrected chi connectivity index (χ0v) is 14.9. The number of nitrogens with zero attached hydrogens (tertiary/aromatic N) is 1. The number of hydrogen-bond donors (Lipinski definition) is 0. The molecule has 5 heteroatoms. The smallest absolute Gasteiger partial charge is 0.268 e. The largest absolute Gasteiger partial charge is 0.497 e. The van der Waals surface area contributed by atoms with Crippen LogP contribution in [0.5, 0.6) is 5.75 Å². The highest BCUT2D eigenvalue weighted by Gasteiger charge is 2.19. The van der Waals surface area contributed by atoms with Crippen molar-refractivity contribution in [2.24, 2.45) is 12.5 Å². The molecule has 1 aromatic carbocycles. The van der Waals surface area contributed by atoms with Crippen LogP contribution in [0.1, 0.15) is 26.3 Å². The summed E-state index contributed by atoms with van der Waals surface area (Å²) >= 11 is 1.32. The monoisotopic (exact) mass is 331 g/mol. The van der Waals surface area contributed by atoms with Crippen molar-refractivity contribution in [3.05, 3.63) is 49.4 Å². The fourth-order valence-electron chi connectivity index (χ4n) is 1.92. The summed E-state index contributed by atoms with van der Waals surface area (Å²) in [7, 11) is 3.29. The second-order valence-electron chi connectivity index (χ2n) is 6.35. The molecule has 1 heterocycles. The highest BCUT2D eigenvalue weighted by Crippen LogP contribution is 2.15. The number of aromatic nitrogens is 1. The molecule has 0 radical (unpaired) electrons. The first-order valence-electron chi connectivity index (χ1n) is 7.30. The average molecular weight is 331 g/mol. The van der Waals surface area contributed by atoms with Crippen molar-refractivity contribution < 1.29 is 9.53 Å². The Bertz CT molecular complexity index is 898. The topological polar surface area (TPSA) is 48.3 Å². The van der Waals surface area contributed by atoms with Crippen LogP contribution in [0, 0.1) is 5.41 Å². The maximum atomic E-state index is 12.4. The molecule has 122 valence electrons. The predicted octanol–water partition coefficient (Wildman–Crippen LogP) is 1.68. The summed E-state index contributed by atoms with van der Waals surface area (Å²) in [6.45, 7) is 5.59.